The first kappa shape index (κ1) is 21.6. The zero-order valence-electron chi connectivity index (χ0n) is 17.8. The lowest BCUT2D eigenvalue weighted by Crippen LogP contribution is -2.48. The molecular weight excluding hydrogens is 414 g/mol. The summed E-state index contributed by atoms with van der Waals surface area (Å²) in [6.07, 6.45) is 0. The first-order chi connectivity index (χ1) is 14.9. The van der Waals surface area contributed by atoms with Gasteiger partial charge in [0.25, 0.3) is 11.8 Å². The Morgan fingerprint density at radius 2 is 1.52 bits per heavy atom. The number of hydrogen-bond donors (Lipinski definition) is 1. The number of carbonyl (C=O) groups excluding carboxylic acids is 2. The van der Waals surface area contributed by atoms with Gasteiger partial charge in [-0.15, -0.1) is 0 Å². The van der Waals surface area contributed by atoms with E-state index in [-0.39, 0.29) is 18.4 Å². The Bertz CT molecular complexity index is 1020. The van der Waals surface area contributed by atoms with Gasteiger partial charge in [0.2, 0.25) is 0 Å². The summed E-state index contributed by atoms with van der Waals surface area (Å²) in [5.41, 5.74) is 4.12. The minimum atomic E-state index is -0.315. The number of rotatable bonds is 5. The highest BCUT2D eigenvalue weighted by Crippen LogP contribution is 2.36. The van der Waals surface area contributed by atoms with E-state index in [1.807, 2.05) is 36.9 Å². The minimum absolute atomic E-state index is 0.108. The number of amides is 2. The van der Waals surface area contributed by atoms with E-state index >= 15 is 0 Å². The van der Waals surface area contributed by atoms with E-state index in [9.17, 15) is 14.7 Å². The SMILES string of the molecule is Cc1cc(C)cc(N2C(=O)C(c3ccc(Cl)cc3)=C(N3CCN(CCO)CC3)C2=O)c1. The van der Waals surface area contributed by atoms with Crippen LogP contribution in [0.4, 0.5) is 5.69 Å². The maximum absolute atomic E-state index is 13.6. The summed E-state index contributed by atoms with van der Waals surface area (Å²) in [5.74, 6) is -0.610. The van der Waals surface area contributed by atoms with Crippen molar-refractivity contribution in [1.82, 2.24) is 9.80 Å². The van der Waals surface area contributed by atoms with Gasteiger partial charge in [0, 0.05) is 37.7 Å². The number of β-amino-alcohol motifs (C(OH)–C–C–N with tert-alkyl or cyclic N) is 1. The summed E-state index contributed by atoms with van der Waals surface area (Å²) < 4.78 is 0. The van der Waals surface area contributed by atoms with Gasteiger partial charge in [0.05, 0.1) is 17.9 Å². The second-order valence-electron chi connectivity index (χ2n) is 8.07. The second-order valence-corrected chi connectivity index (χ2v) is 8.51. The predicted octanol–water partition coefficient (Wildman–Crippen LogP) is 2.85. The number of aryl methyl sites for hydroxylation is 2. The minimum Gasteiger partial charge on any atom is -0.395 e. The fourth-order valence-corrected chi connectivity index (χ4v) is 4.47. The van der Waals surface area contributed by atoms with E-state index in [2.05, 4.69) is 4.90 Å². The lowest BCUT2D eigenvalue weighted by molar-refractivity contribution is -0.120. The Hall–Kier alpha value is -2.67. The largest absolute Gasteiger partial charge is 0.395 e. The molecule has 7 heteroatoms. The van der Waals surface area contributed by atoms with Gasteiger partial charge in [-0.05, 0) is 54.8 Å². The van der Waals surface area contributed by atoms with E-state index in [1.54, 1.807) is 24.3 Å². The summed E-state index contributed by atoms with van der Waals surface area (Å²) in [4.78, 5) is 32.7. The maximum Gasteiger partial charge on any atom is 0.282 e. The number of anilines is 1. The van der Waals surface area contributed by atoms with Crippen molar-refractivity contribution in [3.8, 4) is 0 Å². The summed E-state index contributed by atoms with van der Waals surface area (Å²) >= 11 is 6.06. The van der Waals surface area contributed by atoms with Crippen LogP contribution in [-0.4, -0.2) is 66.1 Å². The molecule has 0 spiro atoms. The van der Waals surface area contributed by atoms with Crippen molar-refractivity contribution in [3.05, 3.63) is 69.9 Å². The number of carbonyl (C=O) groups is 2. The van der Waals surface area contributed by atoms with Crippen molar-refractivity contribution in [1.29, 1.82) is 0 Å². The molecule has 162 valence electrons. The molecule has 0 aliphatic carbocycles. The smallest absolute Gasteiger partial charge is 0.282 e. The lowest BCUT2D eigenvalue weighted by atomic mass is 10.0. The van der Waals surface area contributed by atoms with Crippen LogP contribution in [0.2, 0.25) is 5.02 Å². The molecule has 1 fully saturated rings. The predicted molar refractivity (Wildman–Crippen MR) is 122 cm³/mol. The maximum atomic E-state index is 13.6. The number of aliphatic hydroxyl groups is 1. The first-order valence-electron chi connectivity index (χ1n) is 10.4. The van der Waals surface area contributed by atoms with E-state index in [1.165, 1.54) is 4.90 Å². The molecule has 4 rings (SSSR count). The molecule has 31 heavy (non-hydrogen) atoms. The first-order valence-corrected chi connectivity index (χ1v) is 10.8. The van der Waals surface area contributed by atoms with E-state index in [0.29, 0.717) is 47.2 Å². The second kappa shape index (κ2) is 8.83. The van der Waals surface area contributed by atoms with Crippen LogP contribution in [0.15, 0.2) is 48.2 Å². The molecule has 0 saturated carbocycles. The highest BCUT2D eigenvalue weighted by atomic mass is 35.5. The molecule has 2 heterocycles. The van der Waals surface area contributed by atoms with Crippen molar-refractivity contribution >= 4 is 34.7 Å². The fraction of sp³-hybridized carbons (Fsp3) is 0.333. The van der Waals surface area contributed by atoms with E-state index < -0.39 is 0 Å². The van der Waals surface area contributed by atoms with Crippen LogP contribution in [0.25, 0.3) is 5.57 Å². The molecule has 2 aliphatic rings. The van der Waals surface area contributed by atoms with Crippen LogP contribution in [0.5, 0.6) is 0 Å². The zero-order valence-corrected chi connectivity index (χ0v) is 18.5. The number of piperazine rings is 1. The Morgan fingerprint density at radius 3 is 2.10 bits per heavy atom. The van der Waals surface area contributed by atoms with Gasteiger partial charge in [-0.25, -0.2) is 4.90 Å². The van der Waals surface area contributed by atoms with Gasteiger partial charge >= 0.3 is 0 Å². The fourth-order valence-electron chi connectivity index (χ4n) is 4.34. The molecule has 2 aromatic carbocycles. The van der Waals surface area contributed by atoms with Gasteiger partial charge in [-0.2, -0.15) is 0 Å². The van der Waals surface area contributed by atoms with Gasteiger partial charge in [0.1, 0.15) is 5.70 Å². The summed E-state index contributed by atoms with van der Waals surface area (Å²) in [6.45, 7) is 7.31. The van der Waals surface area contributed by atoms with Crippen LogP contribution in [0.3, 0.4) is 0 Å². The lowest BCUT2D eigenvalue weighted by Gasteiger charge is -2.36. The van der Waals surface area contributed by atoms with Crippen molar-refractivity contribution in [2.45, 2.75) is 13.8 Å². The standard InChI is InChI=1S/C24H26ClN3O3/c1-16-13-17(2)15-20(14-16)28-23(30)21(18-3-5-19(25)6-4-18)22(24(28)31)27-9-7-26(8-10-27)11-12-29/h3-6,13-15,29H,7-12H2,1-2H3. The highest BCUT2D eigenvalue weighted by Gasteiger charge is 2.43. The van der Waals surface area contributed by atoms with E-state index in [4.69, 9.17) is 11.6 Å². The molecule has 0 unspecified atom stereocenters. The van der Waals surface area contributed by atoms with Gasteiger partial charge in [-0.3, -0.25) is 14.5 Å². The number of imide groups is 1. The number of hydrogen-bond acceptors (Lipinski definition) is 5. The molecule has 2 aliphatic heterocycles. The average molecular weight is 440 g/mol. The number of halogens is 1. The average Bonchev–Trinajstić information content (AvgIpc) is 2.99. The van der Waals surface area contributed by atoms with Crippen molar-refractivity contribution < 1.29 is 14.7 Å². The van der Waals surface area contributed by atoms with Crippen LogP contribution in [0.1, 0.15) is 16.7 Å². The third kappa shape index (κ3) is 4.24. The molecule has 2 aromatic rings. The Balaban J connectivity index is 1.75. The third-order valence-corrected chi connectivity index (χ3v) is 6.01. The van der Waals surface area contributed by atoms with Gasteiger partial charge < -0.3 is 10.0 Å². The Labute approximate surface area is 187 Å². The summed E-state index contributed by atoms with van der Waals surface area (Å²) in [5, 5.41) is 9.79. The quantitative estimate of drug-likeness (QED) is 0.726. The van der Waals surface area contributed by atoms with Crippen molar-refractivity contribution in [3.63, 3.8) is 0 Å². The normalized spacial score (nSPS) is 17.8. The van der Waals surface area contributed by atoms with E-state index in [0.717, 1.165) is 24.2 Å². The van der Waals surface area contributed by atoms with Crippen molar-refractivity contribution in [2.24, 2.45) is 0 Å². The molecule has 0 bridgehead atoms. The molecule has 2 amide bonds. The number of benzene rings is 2. The Kier molecular flexibility index (Phi) is 6.14. The molecule has 1 saturated heterocycles. The highest BCUT2D eigenvalue weighted by molar-refractivity contribution is 6.45. The molecule has 0 aromatic heterocycles. The zero-order chi connectivity index (χ0) is 22.1. The molecule has 0 radical (unpaired) electrons. The topological polar surface area (TPSA) is 64.1 Å². The molecule has 0 atom stereocenters. The monoisotopic (exact) mass is 439 g/mol. The molecule has 1 N–H and O–H groups in total. The third-order valence-electron chi connectivity index (χ3n) is 5.76. The summed E-state index contributed by atoms with van der Waals surface area (Å²) in [7, 11) is 0. The van der Waals surface area contributed by atoms with Crippen molar-refractivity contribution in [2.75, 3.05) is 44.2 Å². The van der Waals surface area contributed by atoms with Crippen LogP contribution in [-0.2, 0) is 9.59 Å². The van der Waals surface area contributed by atoms with Crippen LogP contribution >= 0.6 is 11.6 Å². The Morgan fingerprint density at radius 1 is 0.903 bits per heavy atom. The van der Waals surface area contributed by atoms with Gasteiger partial charge in [-0.1, -0.05) is 29.8 Å². The van der Waals surface area contributed by atoms with Crippen LogP contribution < -0.4 is 4.90 Å². The summed E-state index contributed by atoms with van der Waals surface area (Å²) in [6, 6.07) is 12.8. The molecule has 6 nitrogen and oxygen atoms in total. The molecular formula is C24H26ClN3O3. The number of aliphatic hydroxyl groups excluding tert-OH is 1. The van der Waals surface area contributed by atoms with Crippen LogP contribution in [0, 0.1) is 13.8 Å². The van der Waals surface area contributed by atoms with Gasteiger partial charge in [0.15, 0.2) is 0 Å². The number of nitrogens with zero attached hydrogens (tertiary/aromatic N) is 3.